The van der Waals surface area contributed by atoms with E-state index < -0.39 is 0 Å². The summed E-state index contributed by atoms with van der Waals surface area (Å²) in [6.07, 6.45) is 61.1. The number of benzene rings is 8. The van der Waals surface area contributed by atoms with Gasteiger partial charge in [-0.3, -0.25) is 0 Å². The van der Waals surface area contributed by atoms with Gasteiger partial charge in [0.2, 0.25) is 0 Å². The van der Waals surface area contributed by atoms with E-state index in [-0.39, 0.29) is 17.1 Å². The first-order valence-corrected chi connectivity index (χ1v) is 46.9. The van der Waals surface area contributed by atoms with Crippen LogP contribution in [0.3, 0.4) is 0 Å². The van der Waals surface area contributed by atoms with Crippen LogP contribution in [-0.2, 0) is 42.8 Å². The van der Waals surface area contributed by atoms with E-state index >= 15 is 0 Å². The summed E-state index contributed by atoms with van der Waals surface area (Å²) in [6.45, 7) is 9.12. The first-order valence-electron chi connectivity index (χ1n) is 46.9. The van der Waals surface area contributed by atoms with Crippen LogP contribution in [0.25, 0.3) is 0 Å². The number of aryl methyl sites for hydroxylation is 4. The summed E-state index contributed by atoms with van der Waals surface area (Å²) in [4.78, 5) is 39.3. The molecular weight excluding hydrogens is 1540 g/mol. The van der Waals surface area contributed by atoms with Gasteiger partial charge in [-0.2, -0.15) is 0 Å². The fourth-order valence-electron chi connectivity index (χ4n) is 15.9. The summed E-state index contributed by atoms with van der Waals surface area (Å²) in [7, 11) is 6.88. The largest absolute Gasteiger partial charge is 0.497 e. The molecule has 0 spiro atoms. The summed E-state index contributed by atoms with van der Waals surface area (Å²) in [5.74, 6) is 8.24. The number of rotatable bonds is 48. The normalized spacial score (nSPS) is 12.8. The number of ether oxygens (including phenoxy) is 4. The van der Waals surface area contributed by atoms with E-state index in [2.05, 4.69) is 125 Å². The Hall–Kier alpha value is -9.16. The number of fused-ring (bicyclic) bond motifs is 16. The van der Waals surface area contributed by atoms with Crippen molar-refractivity contribution in [1.29, 1.82) is 0 Å². The fraction of sp³-hybridized carbons (Fsp3) is 0.481. The van der Waals surface area contributed by atoms with Crippen LogP contribution in [0.15, 0.2) is 234 Å². The van der Waals surface area contributed by atoms with Crippen molar-refractivity contribution in [3.8, 4) is 23.0 Å². The van der Waals surface area contributed by atoms with Crippen molar-refractivity contribution in [2.75, 3.05) is 28.4 Å². The number of aliphatic imine (C=N–C) groups is 8. The molecule has 5 aliphatic rings. The first-order chi connectivity index (χ1) is 59.3. The van der Waals surface area contributed by atoms with Crippen molar-refractivity contribution in [3.05, 3.63) is 261 Å². The number of unbranched alkanes of at least 4 members (excludes halogenated alkanes) is 36. The van der Waals surface area contributed by atoms with E-state index in [1.54, 1.807) is 28.4 Å². The van der Waals surface area contributed by atoms with Crippen LogP contribution in [-0.4, -0.2) is 75.1 Å². The average Bonchev–Trinajstić information content (AvgIpc) is 1.61. The molecule has 651 valence electrons. The Kier molecular flexibility index (Phi) is 47.3. The Morgan fingerprint density at radius 1 is 0.165 bits per heavy atom. The second-order valence-corrected chi connectivity index (χ2v) is 32.8. The molecule has 13 heteroatoms. The third kappa shape index (κ3) is 34.6. The molecule has 0 atom stereocenters. The minimum Gasteiger partial charge on any atom is -0.497 e. The van der Waals surface area contributed by atoms with Crippen molar-refractivity contribution in [1.82, 2.24) is 0 Å². The summed E-state index contributed by atoms with van der Waals surface area (Å²) in [5.41, 5.74) is 12.9. The first kappa shape index (κ1) is 97.3. The third-order valence-electron chi connectivity index (χ3n) is 23.2. The van der Waals surface area contributed by atoms with Crippen molar-refractivity contribution in [3.63, 3.8) is 0 Å². The third-order valence-corrected chi connectivity index (χ3v) is 23.2. The molecule has 0 unspecified atom stereocenters. The van der Waals surface area contributed by atoms with Gasteiger partial charge in [0, 0.05) is 61.6 Å². The molecular formula is C108H144CuN8O4. The Bertz CT molecular complexity index is 3910. The van der Waals surface area contributed by atoms with E-state index in [0.29, 0.717) is 46.7 Å². The molecule has 0 aliphatic carbocycles. The van der Waals surface area contributed by atoms with Crippen LogP contribution < -0.4 is 18.9 Å². The SMILES string of the molecule is CCCCCCCCCCCCc1ccc(OC)cc1.CCCCCCCCCCCCc1ccc(OC)cc1.CCCCCCCCCCCCc1ccc(OC)cc1.CCCCCCCCCCCCc1ccc(OC)cc1.[Cu].c1ccc2c(c1)C1=NC2=NC2=NC(=NC3=NC(=NC4=NC(=N1)c1ccccc14)c1ccccc13)c1ccccc12. The topological polar surface area (TPSA) is 136 Å². The summed E-state index contributed by atoms with van der Waals surface area (Å²) in [5, 5.41) is 0. The van der Waals surface area contributed by atoms with Gasteiger partial charge in [-0.15, -0.1) is 0 Å². The van der Waals surface area contributed by atoms with Crippen LogP contribution in [0.2, 0.25) is 0 Å². The predicted molar refractivity (Wildman–Crippen MR) is 512 cm³/mol. The maximum absolute atomic E-state index is 5.17. The van der Waals surface area contributed by atoms with Gasteiger partial charge in [-0.05, 0) is 122 Å². The molecule has 8 aromatic rings. The van der Waals surface area contributed by atoms with E-state index in [0.717, 1.165) is 67.5 Å². The van der Waals surface area contributed by atoms with E-state index in [1.165, 1.54) is 305 Å². The molecule has 0 saturated carbocycles. The number of amidine groups is 8. The van der Waals surface area contributed by atoms with Crippen molar-refractivity contribution in [2.24, 2.45) is 39.9 Å². The maximum atomic E-state index is 5.17. The van der Waals surface area contributed by atoms with Gasteiger partial charge < -0.3 is 18.9 Å². The van der Waals surface area contributed by atoms with E-state index in [9.17, 15) is 0 Å². The fourth-order valence-corrected chi connectivity index (χ4v) is 15.9. The number of nitrogens with zero attached hydrogens (tertiary/aromatic N) is 8. The number of hydrogen-bond acceptors (Lipinski definition) is 12. The summed E-state index contributed by atoms with van der Waals surface area (Å²) < 4.78 is 20.7. The van der Waals surface area contributed by atoms with Gasteiger partial charge >= 0.3 is 0 Å². The monoisotopic (exact) mass is 1680 g/mol. The van der Waals surface area contributed by atoms with E-state index in [4.69, 9.17) is 58.9 Å². The Labute approximate surface area is 740 Å². The minimum absolute atomic E-state index is 0. The van der Waals surface area contributed by atoms with Gasteiger partial charge in [-0.1, -0.05) is 404 Å². The number of methoxy groups -OCH3 is 4. The molecule has 0 aromatic heterocycles. The van der Waals surface area contributed by atoms with Gasteiger partial charge in [0.15, 0.2) is 46.7 Å². The molecule has 0 N–H and O–H groups in total. The van der Waals surface area contributed by atoms with Crippen LogP contribution >= 0.6 is 0 Å². The van der Waals surface area contributed by atoms with Crippen molar-refractivity contribution >= 4 is 46.7 Å². The van der Waals surface area contributed by atoms with Crippen LogP contribution in [0.1, 0.15) is 351 Å². The predicted octanol–water partition coefficient (Wildman–Crippen LogP) is 29.5. The number of hydrogen-bond donors (Lipinski definition) is 0. The Morgan fingerprint density at radius 2 is 0.289 bits per heavy atom. The summed E-state index contributed by atoms with van der Waals surface area (Å²) in [6, 6.07) is 65.8. The molecule has 0 amide bonds. The Balaban J connectivity index is 0.000000197. The molecule has 1 radical (unpaired) electrons. The standard InChI is InChI=1S/C32H16N8.4C19H32O.Cu/c1-2-10-18-17(9-1)25-33-26(18)38-28-21-13-5-6-14-22(21)30(35-28)40-32-24-16-8-7-15-23(24)31(36-32)39-29-20-12-4-3-11-19(20)27(34-29)37-25;4*1-3-4-5-6-7-8-9-10-11-12-13-18-14-16-19(20-2)17-15-18;/h1-16H;4*14-17H,3-13H2,1-2H3;. The smallest absolute Gasteiger partial charge is 0.164 e. The quantitative estimate of drug-likeness (QED) is 0.0277. The van der Waals surface area contributed by atoms with Crippen LogP contribution in [0.4, 0.5) is 0 Å². The van der Waals surface area contributed by atoms with Crippen molar-refractivity contribution < 1.29 is 36.0 Å². The van der Waals surface area contributed by atoms with Gasteiger partial charge in [-0.25, -0.2) is 39.9 Å². The molecule has 8 aromatic carbocycles. The van der Waals surface area contributed by atoms with Crippen molar-refractivity contribution in [2.45, 2.75) is 310 Å². The second-order valence-electron chi connectivity index (χ2n) is 32.8. The maximum Gasteiger partial charge on any atom is 0.164 e. The van der Waals surface area contributed by atoms with Crippen LogP contribution in [0, 0.1) is 0 Å². The van der Waals surface area contributed by atoms with E-state index in [1.807, 2.05) is 97.1 Å². The zero-order chi connectivity index (χ0) is 84.1. The van der Waals surface area contributed by atoms with Crippen LogP contribution in [0.5, 0.6) is 23.0 Å². The zero-order valence-corrected chi connectivity index (χ0v) is 76.0. The van der Waals surface area contributed by atoms with Gasteiger partial charge in [0.25, 0.3) is 0 Å². The minimum atomic E-state index is 0. The molecule has 12 nitrogen and oxygen atoms in total. The molecule has 121 heavy (non-hydrogen) atoms. The zero-order valence-electron chi connectivity index (χ0n) is 75.1. The molecule has 0 saturated heterocycles. The second kappa shape index (κ2) is 58.8. The molecule has 5 aliphatic heterocycles. The summed E-state index contributed by atoms with van der Waals surface area (Å²) >= 11 is 0. The molecule has 8 bridgehead atoms. The molecule has 13 rings (SSSR count). The molecule has 0 fully saturated rings. The Morgan fingerprint density at radius 3 is 0.413 bits per heavy atom. The molecule has 5 heterocycles. The average molecular weight is 1680 g/mol. The van der Waals surface area contributed by atoms with Gasteiger partial charge in [0.1, 0.15) is 23.0 Å². The van der Waals surface area contributed by atoms with Gasteiger partial charge in [0.05, 0.1) is 28.4 Å².